The van der Waals surface area contributed by atoms with E-state index in [4.69, 9.17) is 18.0 Å². The number of rotatable bonds is 5. The normalized spacial score (nSPS) is 12.6. The van der Waals surface area contributed by atoms with Crippen molar-refractivity contribution < 1.29 is 8.42 Å². The maximum atomic E-state index is 11.9. The molecule has 0 aliphatic carbocycles. The van der Waals surface area contributed by atoms with Gasteiger partial charge in [-0.1, -0.05) is 26.1 Å². The Balaban J connectivity index is 2.79. The van der Waals surface area contributed by atoms with Gasteiger partial charge in [0.05, 0.1) is 8.77 Å². The van der Waals surface area contributed by atoms with Crippen LogP contribution in [0.5, 0.6) is 0 Å². The number of thiocarbonyl (C=S) groups is 1. The van der Waals surface area contributed by atoms with Crippen LogP contribution in [0.15, 0.2) is 20.1 Å². The number of hydrogen-bond acceptors (Lipinski definition) is 4. The number of nitrogens with two attached hydrogens (primary N) is 1. The van der Waals surface area contributed by atoms with Crippen LogP contribution in [-0.2, 0) is 10.0 Å². The largest absolute Gasteiger partial charge is 0.393 e. The van der Waals surface area contributed by atoms with Crippen LogP contribution in [0.25, 0.3) is 0 Å². The molecule has 0 radical (unpaired) electrons. The molecule has 0 aromatic carbocycles. The molecular weight excluding hydrogens is 344 g/mol. The fourth-order valence-electron chi connectivity index (χ4n) is 0.876. The molecule has 0 spiro atoms. The van der Waals surface area contributed by atoms with E-state index in [1.54, 1.807) is 26.0 Å². The minimum absolute atomic E-state index is 0.181. The number of halogens is 1. The third-order valence-electron chi connectivity index (χ3n) is 2.18. The van der Waals surface area contributed by atoms with Crippen molar-refractivity contribution in [3.8, 4) is 0 Å². The number of thiophene rings is 1. The predicted octanol–water partition coefficient (Wildman–Crippen LogP) is 2.10. The second-order valence-corrected chi connectivity index (χ2v) is 9.03. The summed E-state index contributed by atoms with van der Waals surface area (Å²) >= 11 is 9.26. The molecule has 8 heteroatoms. The van der Waals surface area contributed by atoms with Gasteiger partial charge in [-0.15, -0.1) is 11.3 Å². The maximum Gasteiger partial charge on any atom is 0.250 e. The standard InChI is InChI=1S/C9H13BrN2O2S3/c1-9(2,8(11)15)5-12-17(13,14)7-4-3-6(10)16-7/h3-4,12H,5H2,1-2H3,(H2,11,15). The van der Waals surface area contributed by atoms with Crippen LogP contribution in [0.1, 0.15) is 13.8 Å². The Morgan fingerprint density at radius 1 is 1.59 bits per heavy atom. The number of sulfonamides is 1. The molecule has 1 aromatic rings. The van der Waals surface area contributed by atoms with Gasteiger partial charge in [0.2, 0.25) is 10.0 Å². The van der Waals surface area contributed by atoms with Crippen molar-refractivity contribution in [2.24, 2.45) is 11.1 Å². The Kier molecular flexibility index (Phi) is 4.70. The van der Waals surface area contributed by atoms with E-state index in [-0.39, 0.29) is 15.7 Å². The Labute approximate surface area is 119 Å². The van der Waals surface area contributed by atoms with E-state index >= 15 is 0 Å². The van der Waals surface area contributed by atoms with Crippen molar-refractivity contribution >= 4 is 54.5 Å². The van der Waals surface area contributed by atoms with Gasteiger partial charge >= 0.3 is 0 Å². The molecule has 3 N–H and O–H groups in total. The Bertz CT molecular complexity index is 522. The van der Waals surface area contributed by atoms with Crippen LogP contribution in [0.4, 0.5) is 0 Å². The van der Waals surface area contributed by atoms with E-state index in [0.717, 1.165) is 15.1 Å². The van der Waals surface area contributed by atoms with Crippen LogP contribution in [0.3, 0.4) is 0 Å². The van der Waals surface area contributed by atoms with Gasteiger partial charge in [-0.25, -0.2) is 13.1 Å². The summed E-state index contributed by atoms with van der Waals surface area (Å²) in [5, 5.41) is 0. The number of nitrogens with one attached hydrogen (secondary N) is 1. The highest BCUT2D eigenvalue weighted by atomic mass is 79.9. The van der Waals surface area contributed by atoms with E-state index in [1.807, 2.05) is 0 Å². The summed E-state index contributed by atoms with van der Waals surface area (Å²) in [7, 11) is -3.48. The topological polar surface area (TPSA) is 72.2 Å². The predicted molar refractivity (Wildman–Crippen MR) is 77.8 cm³/mol. The van der Waals surface area contributed by atoms with Gasteiger partial charge in [-0.3, -0.25) is 0 Å². The van der Waals surface area contributed by atoms with Crippen LogP contribution in [0.2, 0.25) is 0 Å². The van der Waals surface area contributed by atoms with Crippen LogP contribution >= 0.6 is 39.5 Å². The molecule has 1 aromatic heterocycles. The summed E-state index contributed by atoms with van der Waals surface area (Å²) in [6.45, 7) is 3.77. The van der Waals surface area contributed by atoms with Crippen molar-refractivity contribution in [1.82, 2.24) is 4.72 Å². The minimum Gasteiger partial charge on any atom is -0.393 e. The zero-order chi connectivity index (χ0) is 13.3. The zero-order valence-corrected chi connectivity index (χ0v) is 13.4. The smallest absolute Gasteiger partial charge is 0.250 e. The van der Waals surface area contributed by atoms with Gasteiger partial charge in [-0.2, -0.15) is 0 Å². The second-order valence-electron chi connectivity index (χ2n) is 4.13. The lowest BCUT2D eigenvalue weighted by Crippen LogP contribution is -2.41. The highest BCUT2D eigenvalue weighted by molar-refractivity contribution is 9.11. The Morgan fingerprint density at radius 3 is 2.59 bits per heavy atom. The van der Waals surface area contributed by atoms with Gasteiger partial charge in [0.25, 0.3) is 0 Å². The summed E-state index contributed by atoms with van der Waals surface area (Å²) in [5.41, 5.74) is 4.99. The van der Waals surface area contributed by atoms with Gasteiger partial charge in [-0.05, 0) is 28.1 Å². The zero-order valence-electron chi connectivity index (χ0n) is 9.36. The fourth-order valence-corrected chi connectivity index (χ4v) is 4.21. The Morgan fingerprint density at radius 2 is 2.18 bits per heavy atom. The average molecular weight is 357 g/mol. The fraction of sp³-hybridized carbons (Fsp3) is 0.444. The highest BCUT2D eigenvalue weighted by Gasteiger charge is 2.25. The SMILES string of the molecule is CC(C)(CNS(=O)(=O)c1ccc(Br)s1)C(N)=S. The second kappa shape index (κ2) is 5.31. The Hall–Kier alpha value is -0.0200. The lowest BCUT2D eigenvalue weighted by atomic mass is 9.94. The molecule has 0 bridgehead atoms. The first kappa shape index (κ1) is 15.0. The van der Waals surface area contributed by atoms with Crippen LogP contribution in [0, 0.1) is 5.41 Å². The summed E-state index contributed by atoms with van der Waals surface area (Å²) in [4.78, 5) is 0.285. The molecule has 0 aliphatic rings. The molecule has 0 saturated heterocycles. The monoisotopic (exact) mass is 356 g/mol. The first-order chi connectivity index (χ1) is 7.65. The van der Waals surface area contributed by atoms with Gasteiger partial charge in [0.1, 0.15) is 4.21 Å². The molecule has 0 fully saturated rings. The number of hydrogen-bond donors (Lipinski definition) is 2. The van der Waals surface area contributed by atoms with E-state index < -0.39 is 15.4 Å². The van der Waals surface area contributed by atoms with Gasteiger partial charge in [0.15, 0.2) is 0 Å². The lowest BCUT2D eigenvalue weighted by molar-refractivity contribution is 0.502. The summed E-state index contributed by atoms with van der Waals surface area (Å²) in [6, 6.07) is 3.24. The van der Waals surface area contributed by atoms with Crippen molar-refractivity contribution in [2.75, 3.05) is 6.54 Å². The van der Waals surface area contributed by atoms with Crippen molar-refractivity contribution in [3.63, 3.8) is 0 Å². The summed E-state index contributed by atoms with van der Waals surface area (Å²) < 4.78 is 27.4. The molecule has 1 heterocycles. The summed E-state index contributed by atoms with van der Waals surface area (Å²) in [5.74, 6) is 0. The van der Waals surface area contributed by atoms with Crippen molar-refractivity contribution in [2.45, 2.75) is 18.1 Å². The first-order valence-corrected chi connectivity index (χ1v) is 8.20. The summed E-state index contributed by atoms with van der Waals surface area (Å²) in [6.07, 6.45) is 0. The van der Waals surface area contributed by atoms with Crippen LogP contribution < -0.4 is 10.5 Å². The average Bonchev–Trinajstić information content (AvgIpc) is 2.63. The van der Waals surface area contributed by atoms with E-state index in [2.05, 4.69) is 20.7 Å². The quantitative estimate of drug-likeness (QED) is 0.792. The minimum atomic E-state index is -3.48. The molecule has 0 aliphatic heterocycles. The molecular formula is C9H13BrN2O2S3. The first-order valence-electron chi connectivity index (χ1n) is 4.70. The van der Waals surface area contributed by atoms with Gasteiger partial charge < -0.3 is 5.73 Å². The highest BCUT2D eigenvalue weighted by Crippen LogP contribution is 2.26. The molecule has 0 atom stereocenters. The van der Waals surface area contributed by atoms with Crippen molar-refractivity contribution in [3.05, 3.63) is 15.9 Å². The van der Waals surface area contributed by atoms with Crippen molar-refractivity contribution in [1.29, 1.82) is 0 Å². The molecule has 1 rings (SSSR count). The van der Waals surface area contributed by atoms with E-state index in [9.17, 15) is 8.42 Å². The lowest BCUT2D eigenvalue weighted by Gasteiger charge is -2.22. The molecule has 0 amide bonds. The molecule has 17 heavy (non-hydrogen) atoms. The third kappa shape index (κ3) is 3.99. The van der Waals surface area contributed by atoms with E-state index in [0.29, 0.717) is 0 Å². The molecule has 4 nitrogen and oxygen atoms in total. The molecule has 0 unspecified atom stereocenters. The third-order valence-corrected chi connectivity index (χ3v) is 6.25. The van der Waals surface area contributed by atoms with E-state index in [1.165, 1.54) is 0 Å². The van der Waals surface area contributed by atoms with Gasteiger partial charge in [0, 0.05) is 12.0 Å². The molecule has 0 saturated carbocycles. The maximum absolute atomic E-state index is 11.9. The molecule has 96 valence electrons. The van der Waals surface area contributed by atoms with Crippen LogP contribution in [-0.4, -0.2) is 20.0 Å².